The first kappa shape index (κ1) is 16.9. The zero-order valence-electron chi connectivity index (χ0n) is 14.8. The molecule has 0 aliphatic carbocycles. The molecule has 4 nitrogen and oxygen atoms in total. The molecule has 0 saturated carbocycles. The van der Waals surface area contributed by atoms with Crippen LogP contribution in [-0.4, -0.2) is 34.6 Å². The number of aryl methyl sites for hydroxylation is 1. The van der Waals surface area contributed by atoms with Crippen molar-refractivity contribution in [3.05, 3.63) is 77.5 Å². The third-order valence-electron chi connectivity index (χ3n) is 4.81. The molecule has 3 aromatic rings. The minimum atomic E-state index is -0.207. The Morgan fingerprint density at radius 3 is 2.69 bits per heavy atom. The third kappa shape index (κ3) is 3.69. The van der Waals surface area contributed by atoms with Crippen molar-refractivity contribution in [2.45, 2.75) is 19.5 Å². The molecule has 0 amide bonds. The Kier molecular flexibility index (Phi) is 4.82. The van der Waals surface area contributed by atoms with E-state index in [1.165, 1.54) is 17.7 Å². The third-order valence-corrected chi connectivity index (χ3v) is 4.81. The molecule has 1 fully saturated rings. The quantitative estimate of drug-likeness (QED) is 0.769. The summed E-state index contributed by atoms with van der Waals surface area (Å²) in [4.78, 5) is 10.4. The molecule has 1 saturated heterocycles. The number of hydrogen-bond donors (Lipinski definition) is 1. The van der Waals surface area contributed by atoms with Gasteiger partial charge in [-0.1, -0.05) is 42.0 Å². The molecule has 2 heterocycles. The van der Waals surface area contributed by atoms with Gasteiger partial charge in [0.1, 0.15) is 11.6 Å². The summed E-state index contributed by atoms with van der Waals surface area (Å²) in [6.07, 6.45) is 1.88. The van der Waals surface area contributed by atoms with Crippen molar-refractivity contribution < 1.29 is 9.13 Å². The molecule has 4 rings (SSSR count). The average Bonchev–Trinajstić information content (AvgIpc) is 3.15. The number of imidazole rings is 1. The van der Waals surface area contributed by atoms with Crippen LogP contribution in [0.25, 0.3) is 11.3 Å². The summed E-state index contributed by atoms with van der Waals surface area (Å²) in [5.41, 5.74) is 4.45. The second kappa shape index (κ2) is 7.40. The number of rotatable bonds is 4. The molecule has 0 radical (unpaired) electrons. The van der Waals surface area contributed by atoms with Gasteiger partial charge in [-0.3, -0.25) is 4.90 Å². The molecular formula is C21H22FN3O. The number of aromatic nitrogens is 2. The number of morpholine rings is 1. The van der Waals surface area contributed by atoms with Crippen LogP contribution in [0.15, 0.2) is 54.7 Å². The van der Waals surface area contributed by atoms with Crippen molar-refractivity contribution in [3.63, 3.8) is 0 Å². The first-order chi connectivity index (χ1) is 12.7. The molecule has 1 aliphatic rings. The molecule has 0 bridgehead atoms. The van der Waals surface area contributed by atoms with Crippen molar-refractivity contribution in [1.82, 2.24) is 14.9 Å². The largest absolute Gasteiger partial charge is 0.378 e. The lowest BCUT2D eigenvalue weighted by Crippen LogP contribution is -2.39. The fourth-order valence-corrected chi connectivity index (χ4v) is 3.29. The van der Waals surface area contributed by atoms with Crippen LogP contribution in [0.1, 0.15) is 23.0 Å². The summed E-state index contributed by atoms with van der Waals surface area (Å²) < 4.78 is 18.8. The fourth-order valence-electron chi connectivity index (χ4n) is 3.29. The molecule has 1 aliphatic heterocycles. The number of ether oxygens (including phenoxy) is 1. The molecule has 26 heavy (non-hydrogen) atoms. The van der Waals surface area contributed by atoms with E-state index in [9.17, 15) is 4.39 Å². The Balaban J connectivity index is 1.54. The lowest BCUT2D eigenvalue weighted by atomic mass is 10.1. The Bertz CT molecular complexity index is 858. The first-order valence-electron chi connectivity index (χ1n) is 8.87. The zero-order chi connectivity index (χ0) is 17.9. The highest BCUT2D eigenvalue weighted by molar-refractivity contribution is 5.58. The predicted molar refractivity (Wildman–Crippen MR) is 99.1 cm³/mol. The van der Waals surface area contributed by atoms with Gasteiger partial charge in [0.2, 0.25) is 0 Å². The minimum absolute atomic E-state index is 0.0630. The van der Waals surface area contributed by atoms with E-state index in [1.54, 1.807) is 0 Å². The van der Waals surface area contributed by atoms with E-state index < -0.39 is 0 Å². The van der Waals surface area contributed by atoms with E-state index in [2.05, 4.69) is 46.1 Å². The van der Waals surface area contributed by atoms with Gasteiger partial charge in [-0.05, 0) is 30.2 Å². The number of aromatic amines is 1. The van der Waals surface area contributed by atoms with E-state index in [4.69, 9.17) is 4.74 Å². The monoisotopic (exact) mass is 351 g/mol. The number of benzene rings is 2. The van der Waals surface area contributed by atoms with Crippen molar-refractivity contribution in [2.24, 2.45) is 0 Å². The van der Waals surface area contributed by atoms with Gasteiger partial charge in [-0.25, -0.2) is 9.37 Å². The van der Waals surface area contributed by atoms with Gasteiger partial charge in [0.05, 0.1) is 31.1 Å². The van der Waals surface area contributed by atoms with Gasteiger partial charge >= 0.3 is 0 Å². The molecule has 1 N–H and O–H groups in total. The topological polar surface area (TPSA) is 41.1 Å². The first-order valence-corrected chi connectivity index (χ1v) is 8.87. The number of hydrogen-bond acceptors (Lipinski definition) is 3. The van der Waals surface area contributed by atoms with Crippen molar-refractivity contribution in [3.8, 4) is 11.3 Å². The van der Waals surface area contributed by atoms with Crippen LogP contribution in [0.3, 0.4) is 0 Å². The van der Waals surface area contributed by atoms with Crippen LogP contribution in [0.5, 0.6) is 0 Å². The van der Waals surface area contributed by atoms with Crippen LogP contribution in [0.4, 0.5) is 4.39 Å². The number of H-pyrrole nitrogens is 1. The number of halogens is 1. The second-order valence-corrected chi connectivity index (χ2v) is 6.74. The van der Waals surface area contributed by atoms with Crippen LogP contribution >= 0.6 is 0 Å². The fraction of sp³-hybridized carbons (Fsp3) is 0.286. The van der Waals surface area contributed by atoms with Gasteiger partial charge in [0.15, 0.2) is 0 Å². The number of nitrogens with one attached hydrogen (secondary N) is 1. The van der Waals surface area contributed by atoms with Gasteiger partial charge in [-0.15, -0.1) is 0 Å². The summed E-state index contributed by atoms with van der Waals surface area (Å²) in [5.74, 6) is 0.698. The lowest BCUT2D eigenvalue weighted by Gasteiger charge is -2.34. The molecule has 2 aromatic carbocycles. The minimum Gasteiger partial charge on any atom is -0.378 e. The normalized spacial score (nSPS) is 18.2. The van der Waals surface area contributed by atoms with Gasteiger partial charge in [-0.2, -0.15) is 0 Å². The number of nitrogens with zero attached hydrogens (tertiary/aromatic N) is 2. The molecule has 1 atom stereocenters. The summed E-state index contributed by atoms with van der Waals surface area (Å²) in [7, 11) is 0. The van der Waals surface area contributed by atoms with E-state index >= 15 is 0 Å². The Morgan fingerprint density at radius 1 is 1.15 bits per heavy atom. The van der Waals surface area contributed by atoms with Crippen molar-refractivity contribution in [2.75, 3.05) is 19.8 Å². The summed E-state index contributed by atoms with van der Waals surface area (Å²) in [5, 5.41) is 0. The molecule has 134 valence electrons. The Labute approximate surface area is 152 Å². The van der Waals surface area contributed by atoms with E-state index in [-0.39, 0.29) is 11.9 Å². The van der Waals surface area contributed by atoms with E-state index in [0.29, 0.717) is 13.2 Å². The predicted octanol–water partition coefficient (Wildman–Crippen LogP) is 4.10. The maximum absolute atomic E-state index is 13.1. The molecule has 0 spiro atoms. The molecular weight excluding hydrogens is 329 g/mol. The highest BCUT2D eigenvalue weighted by Crippen LogP contribution is 2.26. The highest BCUT2D eigenvalue weighted by Gasteiger charge is 2.27. The average molecular weight is 351 g/mol. The van der Waals surface area contributed by atoms with Gasteiger partial charge in [0.25, 0.3) is 0 Å². The lowest BCUT2D eigenvalue weighted by molar-refractivity contribution is -0.0156. The van der Waals surface area contributed by atoms with Crippen molar-refractivity contribution in [1.29, 1.82) is 0 Å². The van der Waals surface area contributed by atoms with Crippen molar-refractivity contribution >= 4 is 0 Å². The van der Waals surface area contributed by atoms with Gasteiger partial charge in [0, 0.05) is 13.1 Å². The van der Waals surface area contributed by atoms with Gasteiger partial charge < -0.3 is 9.72 Å². The molecule has 5 heteroatoms. The maximum atomic E-state index is 13.1. The Hall–Kier alpha value is -2.50. The SMILES string of the molecule is Cc1ccc(-c2cnc(C3COCCN3Cc3ccc(F)cc3)[nH]2)cc1. The maximum Gasteiger partial charge on any atom is 0.126 e. The molecule has 1 aromatic heterocycles. The Morgan fingerprint density at radius 2 is 1.92 bits per heavy atom. The summed E-state index contributed by atoms with van der Waals surface area (Å²) in [6, 6.07) is 15.1. The zero-order valence-corrected chi connectivity index (χ0v) is 14.8. The van der Waals surface area contributed by atoms with Crippen LogP contribution < -0.4 is 0 Å². The van der Waals surface area contributed by atoms with Crippen LogP contribution in [0, 0.1) is 12.7 Å². The van der Waals surface area contributed by atoms with E-state index in [1.807, 2.05) is 18.3 Å². The second-order valence-electron chi connectivity index (χ2n) is 6.74. The summed E-state index contributed by atoms with van der Waals surface area (Å²) in [6.45, 7) is 4.94. The van der Waals surface area contributed by atoms with E-state index in [0.717, 1.165) is 35.7 Å². The summed E-state index contributed by atoms with van der Waals surface area (Å²) >= 11 is 0. The molecule has 1 unspecified atom stereocenters. The van der Waals surface area contributed by atoms with Crippen LogP contribution in [0.2, 0.25) is 0 Å². The van der Waals surface area contributed by atoms with Crippen LogP contribution in [-0.2, 0) is 11.3 Å². The highest BCUT2D eigenvalue weighted by atomic mass is 19.1. The smallest absolute Gasteiger partial charge is 0.126 e. The standard InChI is InChI=1S/C21H22FN3O/c1-15-2-6-17(7-3-15)19-12-23-21(24-19)20-14-26-11-10-25(20)13-16-4-8-18(22)9-5-16/h2-9,12,20H,10-11,13-14H2,1H3,(H,23,24).